The summed E-state index contributed by atoms with van der Waals surface area (Å²) in [6.07, 6.45) is 3.13. The average molecular weight is 283 g/mol. The third-order valence-electron chi connectivity index (χ3n) is 2.72. The predicted octanol–water partition coefficient (Wildman–Crippen LogP) is 2.84. The summed E-state index contributed by atoms with van der Waals surface area (Å²) >= 11 is 1.60. The molecule has 100 valence electrons. The summed E-state index contributed by atoms with van der Waals surface area (Å²) in [4.78, 5) is 18.0. The first-order chi connectivity index (χ1) is 9.74. The van der Waals surface area contributed by atoms with Crippen molar-refractivity contribution in [3.8, 4) is 6.07 Å². The lowest BCUT2D eigenvalue weighted by atomic mass is 10.2. The summed E-state index contributed by atoms with van der Waals surface area (Å²) < 4.78 is 0. The standard InChI is InChI=1S/C15H13N3OS/c1-2-6-18(10-12-5-7-20-11-12)15(19)13-3-4-14(8-16)17-9-13/h2-5,7,9,11H,1,6,10H2. The van der Waals surface area contributed by atoms with Crippen molar-refractivity contribution in [1.29, 1.82) is 5.26 Å². The lowest BCUT2D eigenvalue weighted by Crippen LogP contribution is -2.30. The molecule has 0 saturated carbocycles. The van der Waals surface area contributed by atoms with E-state index in [1.54, 1.807) is 34.4 Å². The fourth-order valence-electron chi connectivity index (χ4n) is 1.75. The van der Waals surface area contributed by atoms with Crippen molar-refractivity contribution >= 4 is 17.2 Å². The zero-order valence-electron chi connectivity index (χ0n) is 10.8. The number of rotatable bonds is 5. The van der Waals surface area contributed by atoms with Crippen LogP contribution in [-0.2, 0) is 6.54 Å². The molecule has 20 heavy (non-hydrogen) atoms. The van der Waals surface area contributed by atoms with Crippen molar-refractivity contribution < 1.29 is 4.79 Å². The Morgan fingerprint density at radius 3 is 2.90 bits per heavy atom. The number of nitrogens with zero attached hydrogens (tertiary/aromatic N) is 3. The van der Waals surface area contributed by atoms with E-state index in [2.05, 4.69) is 11.6 Å². The van der Waals surface area contributed by atoms with Gasteiger partial charge in [-0.05, 0) is 34.5 Å². The van der Waals surface area contributed by atoms with Crippen LogP contribution in [0.25, 0.3) is 0 Å². The normalized spacial score (nSPS) is 9.75. The van der Waals surface area contributed by atoms with Gasteiger partial charge in [-0.3, -0.25) is 4.79 Å². The molecule has 0 aliphatic carbocycles. The Morgan fingerprint density at radius 2 is 2.35 bits per heavy atom. The van der Waals surface area contributed by atoms with Crippen LogP contribution in [-0.4, -0.2) is 22.3 Å². The van der Waals surface area contributed by atoms with Gasteiger partial charge < -0.3 is 4.90 Å². The highest BCUT2D eigenvalue weighted by Gasteiger charge is 2.15. The molecule has 2 aromatic heterocycles. The molecule has 0 unspecified atom stereocenters. The Labute approximate surface area is 121 Å². The van der Waals surface area contributed by atoms with Gasteiger partial charge in [-0.15, -0.1) is 6.58 Å². The fourth-order valence-corrected chi connectivity index (χ4v) is 2.41. The first kappa shape index (κ1) is 14.0. The topological polar surface area (TPSA) is 57.0 Å². The smallest absolute Gasteiger partial charge is 0.256 e. The maximum atomic E-state index is 12.4. The molecule has 0 fully saturated rings. The van der Waals surface area contributed by atoms with E-state index in [-0.39, 0.29) is 5.91 Å². The number of carbonyl (C=O) groups excluding carboxylic acids is 1. The van der Waals surface area contributed by atoms with Gasteiger partial charge in [0.1, 0.15) is 11.8 Å². The predicted molar refractivity (Wildman–Crippen MR) is 78.2 cm³/mol. The van der Waals surface area contributed by atoms with Crippen molar-refractivity contribution in [3.05, 3.63) is 64.6 Å². The molecular weight excluding hydrogens is 270 g/mol. The van der Waals surface area contributed by atoms with Crippen LogP contribution in [0.2, 0.25) is 0 Å². The van der Waals surface area contributed by atoms with Crippen LogP contribution in [0.3, 0.4) is 0 Å². The summed E-state index contributed by atoms with van der Waals surface area (Å²) in [5.74, 6) is -0.118. The minimum atomic E-state index is -0.118. The molecule has 0 bridgehead atoms. The quantitative estimate of drug-likeness (QED) is 0.793. The molecule has 5 heteroatoms. The molecule has 0 aromatic carbocycles. The molecule has 2 heterocycles. The van der Waals surface area contributed by atoms with E-state index in [9.17, 15) is 4.79 Å². The fraction of sp³-hybridized carbons (Fsp3) is 0.133. The lowest BCUT2D eigenvalue weighted by molar-refractivity contribution is 0.0762. The Kier molecular flexibility index (Phi) is 4.64. The minimum Gasteiger partial charge on any atom is -0.331 e. The molecule has 0 N–H and O–H groups in total. The van der Waals surface area contributed by atoms with Crippen molar-refractivity contribution in [2.75, 3.05) is 6.54 Å². The molecule has 2 aromatic rings. The first-order valence-corrected chi connectivity index (χ1v) is 6.96. The van der Waals surface area contributed by atoms with Gasteiger partial charge in [0.25, 0.3) is 5.91 Å². The third-order valence-corrected chi connectivity index (χ3v) is 3.45. The zero-order valence-corrected chi connectivity index (χ0v) is 11.6. The van der Waals surface area contributed by atoms with E-state index in [0.717, 1.165) is 5.56 Å². The molecule has 0 saturated heterocycles. The molecule has 1 amide bonds. The second kappa shape index (κ2) is 6.64. The number of hydrogen-bond donors (Lipinski definition) is 0. The average Bonchev–Trinajstić information content (AvgIpc) is 2.99. The largest absolute Gasteiger partial charge is 0.331 e. The molecule has 0 aliphatic rings. The Hall–Kier alpha value is -2.45. The highest BCUT2D eigenvalue weighted by molar-refractivity contribution is 7.07. The van der Waals surface area contributed by atoms with Gasteiger partial charge in [-0.25, -0.2) is 4.98 Å². The Morgan fingerprint density at radius 1 is 1.50 bits per heavy atom. The van der Waals surface area contributed by atoms with Gasteiger partial charge in [0.15, 0.2) is 0 Å². The Balaban J connectivity index is 2.17. The highest BCUT2D eigenvalue weighted by atomic mass is 32.1. The van der Waals surface area contributed by atoms with Gasteiger partial charge in [-0.1, -0.05) is 6.08 Å². The highest BCUT2D eigenvalue weighted by Crippen LogP contribution is 2.12. The van der Waals surface area contributed by atoms with Crippen LogP contribution >= 0.6 is 11.3 Å². The summed E-state index contributed by atoms with van der Waals surface area (Å²) in [5.41, 5.74) is 1.86. The van der Waals surface area contributed by atoms with E-state index in [0.29, 0.717) is 24.3 Å². The molecule has 0 aliphatic heterocycles. The number of carbonyl (C=O) groups is 1. The van der Waals surface area contributed by atoms with Crippen LogP contribution in [0.1, 0.15) is 21.6 Å². The molecule has 4 nitrogen and oxygen atoms in total. The number of nitriles is 1. The van der Waals surface area contributed by atoms with Crippen LogP contribution in [0.15, 0.2) is 47.8 Å². The SMILES string of the molecule is C=CCN(Cc1ccsc1)C(=O)c1ccc(C#N)nc1. The second-order valence-corrected chi connectivity index (χ2v) is 4.93. The summed E-state index contributed by atoms with van der Waals surface area (Å²) in [5, 5.41) is 12.7. The molecule has 0 radical (unpaired) electrons. The van der Waals surface area contributed by atoms with Crippen molar-refractivity contribution in [3.63, 3.8) is 0 Å². The number of aromatic nitrogens is 1. The van der Waals surface area contributed by atoms with Gasteiger partial charge in [-0.2, -0.15) is 16.6 Å². The van der Waals surface area contributed by atoms with E-state index in [4.69, 9.17) is 5.26 Å². The van der Waals surface area contributed by atoms with Crippen LogP contribution in [0, 0.1) is 11.3 Å². The van der Waals surface area contributed by atoms with Gasteiger partial charge in [0, 0.05) is 19.3 Å². The number of hydrogen-bond acceptors (Lipinski definition) is 4. The third kappa shape index (κ3) is 3.31. The van der Waals surface area contributed by atoms with Crippen molar-refractivity contribution in [2.45, 2.75) is 6.54 Å². The maximum absolute atomic E-state index is 12.4. The molecule has 0 atom stereocenters. The van der Waals surface area contributed by atoms with E-state index in [1.807, 2.05) is 22.9 Å². The first-order valence-electron chi connectivity index (χ1n) is 6.02. The van der Waals surface area contributed by atoms with Crippen molar-refractivity contribution in [2.24, 2.45) is 0 Å². The van der Waals surface area contributed by atoms with Crippen LogP contribution in [0.4, 0.5) is 0 Å². The van der Waals surface area contributed by atoms with E-state index < -0.39 is 0 Å². The second-order valence-electron chi connectivity index (χ2n) is 4.15. The van der Waals surface area contributed by atoms with Crippen molar-refractivity contribution in [1.82, 2.24) is 9.88 Å². The number of thiophene rings is 1. The van der Waals surface area contributed by atoms with Gasteiger partial charge in [0.2, 0.25) is 0 Å². The zero-order chi connectivity index (χ0) is 14.4. The van der Waals surface area contributed by atoms with E-state index in [1.165, 1.54) is 6.20 Å². The van der Waals surface area contributed by atoms with E-state index >= 15 is 0 Å². The molecular formula is C15H13N3OS. The summed E-state index contributed by atoms with van der Waals surface area (Å²) in [6, 6.07) is 7.09. The molecule has 0 spiro atoms. The maximum Gasteiger partial charge on any atom is 0.256 e. The summed E-state index contributed by atoms with van der Waals surface area (Å²) in [6.45, 7) is 4.69. The lowest BCUT2D eigenvalue weighted by Gasteiger charge is -2.20. The summed E-state index contributed by atoms with van der Waals surface area (Å²) in [7, 11) is 0. The Bertz CT molecular complexity index is 626. The monoisotopic (exact) mass is 283 g/mol. The number of pyridine rings is 1. The van der Waals surface area contributed by atoms with Crippen LogP contribution in [0.5, 0.6) is 0 Å². The van der Waals surface area contributed by atoms with Gasteiger partial charge >= 0.3 is 0 Å². The van der Waals surface area contributed by atoms with Crippen LogP contribution < -0.4 is 0 Å². The van der Waals surface area contributed by atoms with Gasteiger partial charge in [0.05, 0.1) is 5.56 Å². The minimum absolute atomic E-state index is 0.118. The number of amides is 1. The molecule has 2 rings (SSSR count).